The second-order valence-corrected chi connectivity index (χ2v) is 11.3. The highest BCUT2D eigenvalue weighted by Gasteiger charge is 2.33. The van der Waals surface area contributed by atoms with Gasteiger partial charge in [0.05, 0.1) is 16.4 Å². The molecule has 0 N–H and O–H groups in total. The van der Waals surface area contributed by atoms with E-state index in [2.05, 4.69) is 46.0 Å². The molecule has 2 aliphatic rings. The van der Waals surface area contributed by atoms with Crippen LogP contribution in [-0.2, 0) is 12.3 Å². The van der Waals surface area contributed by atoms with Crippen LogP contribution in [0.3, 0.4) is 0 Å². The highest BCUT2D eigenvalue weighted by Crippen LogP contribution is 2.36. The fourth-order valence-electron chi connectivity index (χ4n) is 5.58. The highest BCUT2D eigenvalue weighted by molar-refractivity contribution is 7.98. The summed E-state index contributed by atoms with van der Waals surface area (Å²) in [6.07, 6.45) is 3.57. The van der Waals surface area contributed by atoms with E-state index in [-0.39, 0.29) is 11.8 Å². The molecule has 0 aliphatic carbocycles. The second kappa shape index (κ2) is 11.8. The molecule has 4 aromatic rings. The third-order valence-corrected chi connectivity index (χ3v) is 8.65. The highest BCUT2D eigenvalue weighted by atomic mass is 32.2. The Kier molecular flexibility index (Phi) is 7.80. The van der Waals surface area contributed by atoms with Gasteiger partial charge in [-0.15, -0.1) is 11.8 Å². The molecule has 0 radical (unpaired) electrons. The lowest BCUT2D eigenvalue weighted by Crippen LogP contribution is -2.46. The third-order valence-electron chi connectivity index (χ3n) is 7.67. The number of anilines is 1. The summed E-state index contributed by atoms with van der Waals surface area (Å²) in [5.74, 6) is 0.448. The fourth-order valence-corrected chi connectivity index (χ4v) is 6.35. The molecule has 0 atom stereocenters. The van der Waals surface area contributed by atoms with E-state index in [0.717, 1.165) is 84.2 Å². The van der Waals surface area contributed by atoms with Crippen LogP contribution in [0.5, 0.6) is 0 Å². The van der Waals surface area contributed by atoms with Gasteiger partial charge in [0.2, 0.25) is 0 Å². The third kappa shape index (κ3) is 5.33. The summed E-state index contributed by atoms with van der Waals surface area (Å²) in [4.78, 5) is 42.0. The number of piperazine rings is 1. The van der Waals surface area contributed by atoms with Crippen LogP contribution in [0.15, 0.2) is 78.0 Å². The molecule has 2 aromatic carbocycles. The molecule has 6 rings (SSSR count). The van der Waals surface area contributed by atoms with Crippen LogP contribution < -0.4 is 4.90 Å². The molecule has 2 amide bonds. The monoisotopic (exact) mass is 551 g/mol. The van der Waals surface area contributed by atoms with Crippen molar-refractivity contribution in [2.45, 2.75) is 37.1 Å². The normalized spacial score (nSPS) is 15.7. The lowest BCUT2D eigenvalue weighted by atomic mass is 9.92. The maximum Gasteiger partial charge on any atom is 0.261 e. The van der Waals surface area contributed by atoms with Crippen molar-refractivity contribution in [1.29, 1.82) is 0 Å². The van der Waals surface area contributed by atoms with Crippen molar-refractivity contribution >= 4 is 40.0 Å². The lowest BCUT2D eigenvalue weighted by Gasteiger charge is -2.37. The van der Waals surface area contributed by atoms with Crippen molar-refractivity contribution in [3.8, 4) is 0 Å². The summed E-state index contributed by atoms with van der Waals surface area (Å²) in [6, 6.07) is 22.1. The Labute approximate surface area is 239 Å². The van der Waals surface area contributed by atoms with Crippen LogP contribution in [0.2, 0.25) is 0 Å². The van der Waals surface area contributed by atoms with E-state index in [1.165, 1.54) is 4.90 Å². The molecule has 8 heteroatoms. The summed E-state index contributed by atoms with van der Waals surface area (Å²) >= 11 is 1.70. The quantitative estimate of drug-likeness (QED) is 0.197. The Balaban J connectivity index is 1.13. The first-order valence-corrected chi connectivity index (χ1v) is 15.0. The van der Waals surface area contributed by atoms with Crippen molar-refractivity contribution in [1.82, 2.24) is 19.8 Å². The van der Waals surface area contributed by atoms with Gasteiger partial charge in [0.25, 0.3) is 11.8 Å². The summed E-state index contributed by atoms with van der Waals surface area (Å²) in [5.41, 5.74) is 4.51. The number of thioether (sulfide) groups is 1. The van der Waals surface area contributed by atoms with Gasteiger partial charge in [-0.25, -0.2) is 4.98 Å². The van der Waals surface area contributed by atoms with Gasteiger partial charge in [0.15, 0.2) is 0 Å². The molecule has 0 bridgehead atoms. The molecule has 2 aliphatic heterocycles. The van der Waals surface area contributed by atoms with Crippen molar-refractivity contribution in [2.24, 2.45) is 0 Å². The van der Waals surface area contributed by atoms with Gasteiger partial charge in [-0.3, -0.25) is 24.4 Å². The van der Waals surface area contributed by atoms with Crippen molar-refractivity contribution in [3.63, 3.8) is 0 Å². The number of imide groups is 1. The first-order chi connectivity index (χ1) is 19.6. The minimum Gasteiger partial charge on any atom is -0.368 e. The zero-order valence-electron chi connectivity index (χ0n) is 22.8. The summed E-state index contributed by atoms with van der Waals surface area (Å²) in [6.45, 7) is 6.93. The molecule has 4 heterocycles. The number of pyridine rings is 2. The minimum atomic E-state index is -0.174. The predicted molar refractivity (Wildman–Crippen MR) is 160 cm³/mol. The number of hydrogen-bond acceptors (Lipinski definition) is 7. The predicted octanol–water partition coefficient (Wildman–Crippen LogP) is 5.64. The van der Waals surface area contributed by atoms with Gasteiger partial charge >= 0.3 is 0 Å². The van der Waals surface area contributed by atoms with Gasteiger partial charge < -0.3 is 4.90 Å². The number of unbranched alkanes of at least 4 members (excludes halogenated alkanes) is 1. The van der Waals surface area contributed by atoms with Crippen molar-refractivity contribution in [2.75, 3.05) is 37.6 Å². The van der Waals surface area contributed by atoms with E-state index in [1.54, 1.807) is 11.8 Å². The number of nitrogens with zero attached hydrogens (tertiary/aromatic N) is 5. The Morgan fingerprint density at radius 2 is 1.60 bits per heavy atom. The average Bonchev–Trinajstić information content (AvgIpc) is 3.00. The van der Waals surface area contributed by atoms with Crippen LogP contribution in [-0.4, -0.2) is 64.3 Å². The Morgan fingerprint density at radius 1 is 0.825 bits per heavy atom. The molecule has 7 nitrogen and oxygen atoms in total. The van der Waals surface area contributed by atoms with Crippen LogP contribution in [0.25, 0.3) is 10.8 Å². The SMILES string of the molecule is CCCCN1C(=O)c2cccc3c(N4CCN(Cc5cccc(CSc6ccccn6)n5)CC4)ccc(c23)C1=O. The zero-order valence-corrected chi connectivity index (χ0v) is 23.6. The van der Waals surface area contributed by atoms with Crippen LogP contribution >= 0.6 is 11.8 Å². The smallest absolute Gasteiger partial charge is 0.261 e. The first kappa shape index (κ1) is 26.5. The fraction of sp³-hybridized carbons (Fsp3) is 0.312. The molecule has 1 fully saturated rings. The minimum absolute atomic E-state index is 0.174. The summed E-state index contributed by atoms with van der Waals surface area (Å²) in [5, 5.41) is 2.79. The summed E-state index contributed by atoms with van der Waals surface area (Å²) in [7, 11) is 0. The van der Waals surface area contributed by atoms with Crippen LogP contribution in [0, 0.1) is 0 Å². The maximum absolute atomic E-state index is 13.2. The van der Waals surface area contributed by atoms with E-state index in [0.29, 0.717) is 17.7 Å². The number of carbonyl (C=O) groups excluding carboxylic acids is 2. The topological polar surface area (TPSA) is 69.6 Å². The first-order valence-electron chi connectivity index (χ1n) is 14.0. The molecule has 0 unspecified atom stereocenters. The second-order valence-electron chi connectivity index (χ2n) is 10.3. The molecule has 40 heavy (non-hydrogen) atoms. The van der Waals surface area contributed by atoms with Gasteiger partial charge in [-0.2, -0.15) is 0 Å². The van der Waals surface area contributed by atoms with E-state index in [4.69, 9.17) is 4.98 Å². The zero-order chi connectivity index (χ0) is 27.5. The van der Waals surface area contributed by atoms with Crippen molar-refractivity contribution < 1.29 is 9.59 Å². The number of aromatic nitrogens is 2. The van der Waals surface area contributed by atoms with Gasteiger partial charge in [0, 0.05) is 78.8 Å². The van der Waals surface area contributed by atoms with Crippen LogP contribution in [0.1, 0.15) is 51.9 Å². The number of carbonyl (C=O) groups is 2. The average molecular weight is 552 g/mol. The molecule has 2 aromatic heterocycles. The molecular weight excluding hydrogens is 518 g/mol. The number of amides is 2. The van der Waals surface area contributed by atoms with E-state index < -0.39 is 0 Å². The standard InChI is InChI=1S/C32H33N5O2S/c1-2-3-16-37-31(38)26-11-7-10-25-28(14-13-27(30(25)26)32(37)39)36-19-17-35(18-20-36)21-23-8-6-9-24(34-23)22-40-29-12-4-5-15-33-29/h4-15H,2-3,16-22H2,1H3. The Hall–Kier alpha value is -3.75. The molecule has 0 spiro atoms. The number of rotatable bonds is 9. The molecule has 0 saturated carbocycles. The largest absolute Gasteiger partial charge is 0.368 e. The van der Waals surface area contributed by atoms with E-state index >= 15 is 0 Å². The Bertz CT molecular complexity index is 1510. The lowest BCUT2D eigenvalue weighted by molar-refractivity contribution is 0.0608. The summed E-state index contributed by atoms with van der Waals surface area (Å²) < 4.78 is 0. The van der Waals surface area contributed by atoms with Crippen molar-refractivity contribution in [3.05, 3.63) is 95.4 Å². The number of hydrogen-bond donors (Lipinski definition) is 0. The molecule has 1 saturated heterocycles. The van der Waals surface area contributed by atoms with Gasteiger partial charge in [-0.05, 0) is 48.9 Å². The van der Waals surface area contributed by atoms with E-state index in [1.807, 2.05) is 48.7 Å². The van der Waals surface area contributed by atoms with Gasteiger partial charge in [-0.1, -0.05) is 37.6 Å². The molecule has 204 valence electrons. The molecular formula is C32H33N5O2S. The maximum atomic E-state index is 13.2. The Morgan fingerprint density at radius 3 is 2.38 bits per heavy atom. The van der Waals surface area contributed by atoms with Gasteiger partial charge in [0.1, 0.15) is 0 Å². The van der Waals surface area contributed by atoms with E-state index in [9.17, 15) is 9.59 Å². The number of benzene rings is 2. The van der Waals surface area contributed by atoms with Crippen LogP contribution in [0.4, 0.5) is 5.69 Å².